The second-order valence-corrected chi connectivity index (χ2v) is 5.10. The molecule has 1 aliphatic rings. The molecule has 0 unspecified atom stereocenters. The van der Waals surface area contributed by atoms with E-state index in [1.165, 1.54) is 5.56 Å². The number of aliphatic imine (C=N–C) groups is 1. The Morgan fingerprint density at radius 3 is 1.90 bits per heavy atom. The molecular weight excluding hydrogens is 258 g/mol. The number of hydrogen-bond acceptors (Lipinski definition) is 3. The highest BCUT2D eigenvalue weighted by molar-refractivity contribution is 6.23. The van der Waals surface area contributed by atoms with Crippen LogP contribution in [-0.4, -0.2) is 15.7 Å². The lowest BCUT2D eigenvalue weighted by Crippen LogP contribution is -1.97. The number of hydrogen-bond donors (Lipinski definition) is 0. The summed E-state index contributed by atoms with van der Waals surface area (Å²) in [7, 11) is 0. The third-order valence-corrected chi connectivity index (χ3v) is 3.62. The maximum atomic E-state index is 4.82. The van der Waals surface area contributed by atoms with Gasteiger partial charge in [0.1, 0.15) is 0 Å². The Kier molecular flexibility index (Phi) is 2.64. The molecule has 0 bridgehead atoms. The molecule has 1 aliphatic carbocycles. The van der Waals surface area contributed by atoms with Crippen molar-refractivity contribution in [3.63, 3.8) is 0 Å². The fourth-order valence-electron chi connectivity index (χ4n) is 2.58. The van der Waals surface area contributed by atoms with E-state index in [-0.39, 0.29) is 0 Å². The van der Waals surface area contributed by atoms with Crippen molar-refractivity contribution < 1.29 is 0 Å². The van der Waals surface area contributed by atoms with Gasteiger partial charge in [-0.3, -0.25) is 9.97 Å². The van der Waals surface area contributed by atoms with Crippen molar-refractivity contribution in [1.29, 1.82) is 0 Å². The molecule has 0 radical (unpaired) electrons. The maximum Gasteiger partial charge on any atom is 0.0987 e. The minimum absolute atomic E-state index is 0.916. The molecule has 3 aromatic rings. The molecule has 3 heteroatoms. The highest BCUT2D eigenvalue weighted by Crippen LogP contribution is 2.34. The van der Waals surface area contributed by atoms with E-state index in [4.69, 9.17) is 4.99 Å². The topological polar surface area (TPSA) is 38.1 Å². The van der Waals surface area contributed by atoms with Crippen LogP contribution in [0.4, 0.5) is 5.69 Å². The van der Waals surface area contributed by atoms with E-state index in [9.17, 15) is 0 Å². The first-order valence-corrected chi connectivity index (χ1v) is 6.89. The first-order chi connectivity index (χ1) is 10.3. The number of rotatable bonds is 1. The van der Waals surface area contributed by atoms with Crippen molar-refractivity contribution >= 4 is 11.4 Å². The van der Waals surface area contributed by atoms with Gasteiger partial charge in [-0.25, -0.2) is 4.99 Å². The Bertz CT molecular complexity index is 801. The summed E-state index contributed by atoms with van der Waals surface area (Å²) in [5.41, 5.74) is 7.05. The number of benzene rings is 1. The third kappa shape index (κ3) is 1.94. The fraction of sp³-hybridized carbons (Fsp3) is 0.0556. The van der Waals surface area contributed by atoms with Crippen molar-refractivity contribution in [2.75, 3.05) is 0 Å². The van der Waals surface area contributed by atoms with Gasteiger partial charge in [0.2, 0.25) is 0 Å². The minimum Gasteiger partial charge on any atom is -0.254 e. The van der Waals surface area contributed by atoms with Crippen LogP contribution in [-0.2, 0) is 0 Å². The van der Waals surface area contributed by atoms with Crippen LogP contribution in [0.5, 0.6) is 0 Å². The highest BCUT2D eigenvalue weighted by atomic mass is 14.8. The Labute approximate surface area is 123 Å². The van der Waals surface area contributed by atoms with Crippen LogP contribution < -0.4 is 0 Å². The summed E-state index contributed by atoms with van der Waals surface area (Å²) in [6.45, 7) is 2.07. The molecule has 1 aromatic carbocycles. The first kappa shape index (κ1) is 12.0. The predicted octanol–water partition coefficient (Wildman–Crippen LogP) is 3.93. The summed E-state index contributed by atoms with van der Waals surface area (Å²) in [4.78, 5) is 13.7. The van der Waals surface area contributed by atoms with Crippen LogP contribution in [0.1, 0.15) is 16.7 Å². The molecule has 3 nitrogen and oxygen atoms in total. The van der Waals surface area contributed by atoms with Crippen molar-refractivity contribution in [3.05, 3.63) is 77.6 Å². The molecule has 0 aliphatic heterocycles. The molecule has 0 N–H and O–H groups in total. The lowest BCUT2D eigenvalue weighted by molar-refractivity contribution is 1.26. The standard InChI is InChI=1S/C18H13N3/c1-12-6-8-13(9-7-12)21-16-14-4-2-10-19-17(14)18-15(16)5-3-11-20-18/h2-11H,1H3. The molecule has 100 valence electrons. The van der Waals surface area contributed by atoms with E-state index in [0.29, 0.717) is 0 Å². The van der Waals surface area contributed by atoms with Gasteiger partial charge in [-0.2, -0.15) is 0 Å². The van der Waals surface area contributed by atoms with E-state index in [1.54, 1.807) is 12.4 Å². The average Bonchev–Trinajstić information content (AvgIpc) is 2.85. The van der Waals surface area contributed by atoms with Gasteiger partial charge in [0.15, 0.2) is 0 Å². The Balaban J connectivity index is 1.94. The van der Waals surface area contributed by atoms with Gasteiger partial charge in [0.25, 0.3) is 0 Å². The molecule has 21 heavy (non-hydrogen) atoms. The molecule has 2 heterocycles. The molecule has 0 spiro atoms. The Morgan fingerprint density at radius 2 is 1.33 bits per heavy atom. The maximum absolute atomic E-state index is 4.82. The average molecular weight is 271 g/mol. The molecule has 0 amide bonds. The van der Waals surface area contributed by atoms with Crippen LogP contribution in [0.25, 0.3) is 11.4 Å². The van der Waals surface area contributed by atoms with Gasteiger partial charge in [-0.1, -0.05) is 17.7 Å². The van der Waals surface area contributed by atoms with E-state index in [2.05, 4.69) is 41.2 Å². The van der Waals surface area contributed by atoms with Crippen LogP contribution in [0, 0.1) is 6.92 Å². The van der Waals surface area contributed by atoms with Gasteiger partial charge >= 0.3 is 0 Å². The summed E-state index contributed by atoms with van der Waals surface area (Å²) < 4.78 is 0. The van der Waals surface area contributed by atoms with E-state index in [0.717, 1.165) is 33.9 Å². The van der Waals surface area contributed by atoms with Crippen LogP contribution in [0.15, 0.2) is 65.9 Å². The molecule has 0 saturated heterocycles. The number of nitrogens with zero attached hydrogens (tertiary/aromatic N) is 3. The fourth-order valence-corrected chi connectivity index (χ4v) is 2.58. The van der Waals surface area contributed by atoms with Crippen molar-refractivity contribution in [2.24, 2.45) is 4.99 Å². The lowest BCUT2D eigenvalue weighted by atomic mass is 10.1. The Hall–Kier alpha value is -2.81. The quantitative estimate of drug-likeness (QED) is 0.526. The summed E-state index contributed by atoms with van der Waals surface area (Å²) in [5, 5.41) is 0. The second-order valence-electron chi connectivity index (χ2n) is 5.10. The minimum atomic E-state index is 0.916. The second kappa shape index (κ2) is 4.63. The summed E-state index contributed by atoms with van der Waals surface area (Å²) >= 11 is 0. The normalized spacial score (nSPS) is 12.0. The third-order valence-electron chi connectivity index (χ3n) is 3.62. The molecule has 0 fully saturated rings. The summed E-state index contributed by atoms with van der Waals surface area (Å²) in [5.74, 6) is 0. The Morgan fingerprint density at radius 1 is 0.762 bits per heavy atom. The number of fused-ring (bicyclic) bond motifs is 3. The van der Waals surface area contributed by atoms with E-state index in [1.807, 2.05) is 24.3 Å². The number of pyridine rings is 2. The van der Waals surface area contributed by atoms with Gasteiger partial charge < -0.3 is 0 Å². The molecular formula is C18H13N3. The van der Waals surface area contributed by atoms with Gasteiger partial charge in [0, 0.05) is 23.5 Å². The largest absolute Gasteiger partial charge is 0.254 e. The SMILES string of the molecule is Cc1ccc(N=C2c3cccnc3-c3ncccc32)cc1. The van der Waals surface area contributed by atoms with E-state index < -0.39 is 0 Å². The zero-order valence-corrected chi connectivity index (χ0v) is 11.6. The molecule has 2 aromatic heterocycles. The smallest absolute Gasteiger partial charge is 0.0987 e. The van der Waals surface area contributed by atoms with Crippen LogP contribution in [0.3, 0.4) is 0 Å². The van der Waals surface area contributed by atoms with Crippen LogP contribution in [0.2, 0.25) is 0 Å². The summed E-state index contributed by atoms with van der Waals surface area (Å²) in [6.07, 6.45) is 3.60. The first-order valence-electron chi connectivity index (χ1n) is 6.89. The van der Waals surface area contributed by atoms with Crippen molar-refractivity contribution in [3.8, 4) is 11.4 Å². The zero-order chi connectivity index (χ0) is 14.2. The lowest BCUT2D eigenvalue weighted by Gasteiger charge is -2.01. The number of aryl methyl sites for hydroxylation is 1. The number of aromatic nitrogens is 2. The van der Waals surface area contributed by atoms with Crippen molar-refractivity contribution in [2.45, 2.75) is 6.92 Å². The predicted molar refractivity (Wildman–Crippen MR) is 83.9 cm³/mol. The molecule has 0 saturated carbocycles. The monoisotopic (exact) mass is 271 g/mol. The van der Waals surface area contributed by atoms with E-state index >= 15 is 0 Å². The van der Waals surface area contributed by atoms with Gasteiger partial charge in [-0.15, -0.1) is 0 Å². The van der Waals surface area contributed by atoms with Gasteiger partial charge in [-0.05, 0) is 43.3 Å². The van der Waals surface area contributed by atoms with Crippen molar-refractivity contribution in [1.82, 2.24) is 9.97 Å². The van der Waals surface area contributed by atoms with Crippen LogP contribution >= 0.6 is 0 Å². The van der Waals surface area contributed by atoms with Gasteiger partial charge in [0.05, 0.1) is 22.8 Å². The highest BCUT2D eigenvalue weighted by Gasteiger charge is 2.26. The zero-order valence-electron chi connectivity index (χ0n) is 11.6. The molecule has 0 atom stereocenters. The summed E-state index contributed by atoms with van der Waals surface area (Å²) in [6, 6.07) is 16.2. The molecule has 4 rings (SSSR count).